The fraction of sp³-hybridized carbons (Fsp3) is 0.294. The Balaban J connectivity index is 1.44. The van der Waals surface area contributed by atoms with Crippen molar-refractivity contribution < 1.29 is 4.79 Å². The molecule has 0 atom stereocenters. The molecule has 0 aliphatic carbocycles. The smallest absolute Gasteiger partial charge is 0.269 e. The Hall–Kier alpha value is -2.16. The standard InChI is InChI=1S/C17H17N5OS2/c23-15(14-10-20-16(24-14)12-3-7-19-8-4-12)22-17-21-9-13(25-17)11-1-5-18-6-2-11/h3-4,7-11,18H,1-2,5-6H2,(H,21,22,23). The average Bonchev–Trinajstić information content (AvgIpc) is 3.33. The molecule has 1 aliphatic heterocycles. The predicted molar refractivity (Wildman–Crippen MR) is 100 cm³/mol. The van der Waals surface area contributed by atoms with Crippen LogP contribution in [-0.4, -0.2) is 33.9 Å². The molecular formula is C17H17N5OS2. The maximum atomic E-state index is 12.4. The van der Waals surface area contributed by atoms with Crippen LogP contribution in [0.1, 0.15) is 33.3 Å². The maximum Gasteiger partial charge on any atom is 0.269 e. The summed E-state index contributed by atoms with van der Waals surface area (Å²) < 4.78 is 0. The van der Waals surface area contributed by atoms with Crippen molar-refractivity contribution in [3.05, 3.63) is 46.7 Å². The van der Waals surface area contributed by atoms with Crippen LogP contribution in [0, 0.1) is 0 Å². The van der Waals surface area contributed by atoms with Gasteiger partial charge in [-0.25, -0.2) is 9.97 Å². The molecule has 3 aromatic heterocycles. The molecule has 25 heavy (non-hydrogen) atoms. The molecular weight excluding hydrogens is 354 g/mol. The van der Waals surface area contributed by atoms with Crippen molar-refractivity contribution in [2.24, 2.45) is 0 Å². The molecule has 0 unspecified atom stereocenters. The minimum Gasteiger partial charge on any atom is -0.317 e. The van der Waals surface area contributed by atoms with Crippen molar-refractivity contribution in [1.82, 2.24) is 20.3 Å². The molecule has 0 saturated carbocycles. The second-order valence-electron chi connectivity index (χ2n) is 5.81. The van der Waals surface area contributed by atoms with Crippen LogP contribution < -0.4 is 10.6 Å². The second kappa shape index (κ2) is 7.38. The van der Waals surface area contributed by atoms with E-state index in [1.165, 1.54) is 16.2 Å². The highest BCUT2D eigenvalue weighted by atomic mass is 32.1. The van der Waals surface area contributed by atoms with E-state index >= 15 is 0 Å². The molecule has 3 aromatic rings. The van der Waals surface area contributed by atoms with Gasteiger partial charge in [-0.2, -0.15) is 0 Å². The summed E-state index contributed by atoms with van der Waals surface area (Å²) in [5.41, 5.74) is 0.960. The maximum absolute atomic E-state index is 12.4. The third-order valence-corrected chi connectivity index (χ3v) is 6.26. The third-order valence-electron chi connectivity index (χ3n) is 4.14. The number of piperidine rings is 1. The Kier molecular flexibility index (Phi) is 4.82. The molecule has 2 N–H and O–H groups in total. The number of pyridine rings is 1. The highest BCUT2D eigenvalue weighted by molar-refractivity contribution is 7.17. The minimum atomic E-state index is -0.163. The van der Waals surface area contributed by atoms with Crippen LogP contribution in [0.3, 0.4) is 0 Å². The normalized spacial score (nSPS) is 15.2. The predicted octanol–water partition coefficient (Wildman–Crippen LogP) is 3.38. The van der Waals surface area contributed by atoms with Gasteiger partial charge in [-0.3, -0.25) is 15.1 Å². The molecule has 128 valence electrons. The molecule has 0 spiro atoms. The first-order chi connectivity index (χ1) is 12.3. The first-order valence-electron chi connectivity index (χ1n) is 8.13. The van der Waals surface area contributed by atoms with Gasteiger partial charge >= 0.3 is 0 Å². The lowest BCUT2D eigenvalue weighted by atomic mass is 9.97. The largest absolute Gasteiger partial charge is 0.317 e. The third kappa shape index (κ3) is 3.76. The number of amides is 1. The lowest BCUT2D eigenvalue weighted by molar-refractivity contribution is 0.103. The molecule has 0 bridgehead atoms. The fourth-order valence-corrected chi connectivity index (χ4v) is 4.60. The van der Waals surface area contributed by atoms with E-state index in [4.69, 9.17) is 0 Å². The van der Waals surface area contributed by atoms with Gasteiger partial charge in [0.15, 0.2) is 5.13 Å². The molecule has 0 aromatic carbocycles. The number of hydrogen-bond donors (Lipinski definition) is 2. The first kappa shape index (κ1) is 16.3. The second-order valence-corrected chi connectivity index (χ2v) is 7.90. The number of hydrogen-bond acceptors (Lipinski definition) is 7. The van der Waals surface area contributed by atoms with Crippen molar-refractivity contribution in [2.45, 2.75) is 18.8 Å². The molecule has 0 radical (unpaired) electrons. The number of carbonyl (C=O) groups excluding carboxylic acids is 1. The quantitative estimate of drug-likeness (QED) is 0.735. The molecule has 1 saturated heterocycles. The van der Waals surface area contributed by atoms with E-state index in [1.807, 2.05) is 18.3 Å². The monoisotopic (exact) mass is 371 g/mol. The zero-order chi connectivity index (χ0) is 17.1. The van der Waals surface area contributed by atoms with E-state index in [0.29, 0.717) is 15.9 Å². The van der Waals surface area contributed by atoms with Crippen LogP contribution in [0.2, 0.25) is 0 Å². The Labute approximate surface area is 153 Å². The van der Waals surface area contributed by atoms with Gasteiger partial charge in [0, 0.05) is 29.0 Å². The lowest BCUT2D eigenvalue weighted by Gasteiger charge is -2.20. The number of nitrogens with one attached hydrogen (secondary N) is 2. The Morgan fingerprint density at radius 3 is 2.72 bits per heavy atom. The van der Waals surface area contributed by atoms with E-state index in [0.717, 1.165) is 36.5 Å². The molecule has 1 amide bonds. The SMILES string of the molecule is O=C(Nc1ncc(C2CCNCC2)s1)c1cnc(-c2ccncc2)s1. The molecule has 4 heterocycles. The average molecular weight is 371 g/mol. The van der Waals surface area contributed by atoms with Gasteiger partial charge in [-0.1, -0.05) is 0 Å². The van der Waals surface area contributed by atoms with Crippen LogP contribution in [0.25, 0.3) is 10.6 Å². The molecule has 1 aliphatic rings. The summed E-state index contributed by atoms with van der Waals surface area (Å²) in [5, 5.41) is 7.72. The van der Waals surface area contributed by atoms with Gasteiger partial charge < -0.3 is 5.32 Å². The first-order valence-corrected chi connectivity index (χ1v) is 9.77. The summed E-state index contributed by atoms with van der Waals surface area (Å²) in [6.45, 7) is 2.09. The number of aromatic nitrogens is 3. The highest BCUT2D eigenvalue weighted by Gasteiger charge is 2.19. The van der Waals surface area contributed by atoms with Crippen molar-refractivity contribution >= 4 is 33.7 Å². The molecule has 4 rings (SSSR count). The van der Waals surface area contributed by atoms with Crippen LogP contribution in [0.15, 0.2) is 36.9 Å². The Bertz CT molecular complexity index is 855. The van der Waals surface area contributed by atoms with E-state index in [2.05, 4.69) is 25.6 Å². The lowest BCUT2D eigenvalue weighted by Crippen LogP contribution is -2.26. The van der Waals surface area contributed by atoms with Crippen molar-refractivity contribution in [1.29, 1.82) is 0 Å². The topological polar surface area (TPSA) is 79.8 Å². The van der Waals surface area contributed by atoms with Gasteiger partial charge in [-0.15, -0.1) is 22.7 Å². The minimum absolute atomic E-state index is 0.163. The summed E-state index contributed by atoms with van der Waals surface area (Å²) in [6.07, 6.45) is 9.19. The molecule has 8 heteroatoms. The van der Waals surface area contributed by atoms with Gasteiger partial charge in [0.2, 0.25) is 0 Å². The number of carbonyl (C=O) groups is 1. The summed E-state index contributed by atoms with van der Waals surface area (Å²) in [4.78, 5) is 27.0. The van der Waals surface area contributed by atoms with Gasteiger partial charge in [0.1, 0.15) is 9.88 Å². The van der Waals surface area contributed by atoms with Gasteiger partial charge in [0.25, 0.3) is 5.91 Å². The summed E-state index contributed by atoms with van der Waals surface area (Å²) in [6, 6.07) is 3.76. The Morgan fingerprint density at radius 1 is 1.12 bits per heavy atom. The van der Waals surface area contributed by atoms with E-state index in [9.17, 15) is 4.79 Å². The van der Waals surface area contributed by atoms with Crippen molar-refractivity contribution in [3.8, 4) is 10.6 Å². The van der Waals surface area contributed by atoms with Crippen LogP contribution in [0.4, 0.5) is 5.13 Å². The Morgan fingerprint density at radius 2 is 1.92 bits per heavy atom. The molecule has 1 fully saturated rings. The fourth-order valence-electron chi connectivity index (χ4n) is 2.81. The van der Waals surface area contributed by atoms with Crippen molar-refractivity contribution in [2.75, 3.05) is 18.4 Å². The number of rotatable bonds is 4. The highest BCUT2D eigenvalue weighted by Crippen LogP contribution is 2.32. The summed E-state index contributed by atoms with van der Waals surface area (Å²) >= 11 is 2.94. The van der Waals surface area contributed by atoms with Crippen LogP contribution in [-0.2, 0) is 0 Å². The number of thiazole rings is 2. The van der Waals surface area contributed by atoms with E-state index in [-0.39, 0.29) is 5.91 Å². The zero-order valence-electron chi connectivity index (χ0n) is 13.4. The summed E-state index contributed by atoms with van der Waals surface area (Å²) in [5.74, 6) is 0.384. The summed E-state index contributed by atoms with van der Waals surface area (Å²) in [7, 11) is 0. The van der Waals surface area contributed by atoms with Gasteiger partial charge in [0.05, 0.1) is 6.20 Å². The van der Waals surface area contributed by atoms with Crippen molar-refractivity contribution in [3.63, 3.8) is 0 Å². The molecule has 6 nitrogen and oxygen atoms in total. The van der Waals surface area contributed by atoms with Crippen LogP contribution in [0.5, 0.6) is 0 Å². The van der Waals surface area contributed by atoms with E-state index in [1.54, 1.807) is 29.9 Å². The number of anilines is 1. The van der Waals surface area contributed by atoms with E-state index < -0.39 is 0 Å². The van der Waals surface area contributed by atoms with Crippen LogP contribution >= 0.6 is 22.7 Å². The zero-order valence-corrected chi connectivity index (χ0v) is 15.1. The van der Waals surface area contributed by atoms with Gasteiger partial charge in [-0.05, 0) is 44.0 Å². The number of nitrogens with zero attached hydrogens (tertiary/aromatic N) is 3.